The minimum absolute atomic E-state index is 0.120. The Morgan fingerprint density at radius 2 is 2.00 bits per heavy atom. The van der Waals surface area contributed by atoms with Gasteiger partial charge < -0.3 is 5.73 Å². The maximum atomic E-state index is 13.2. The number of rotatable bonds is 3. The Hall–Kier alpha value is -3.02. The van der Waals surface area contributed by atoms with E-state index in [0.29, 0.717) is 10.2 Å². The standard InChI is InChI=1S/C17H10FN3O2S2/c18-10-3-5-11(6-4-10)21-16(23)14(8-12-2-1-7-24-12)25-17(21)13(9-19)15(20)22/h1-8H,(H2,20,22)/b14-8+,17-13-. The molecule has 0 saturated carbocycles. The number of hydrogen-bond acceptors (Lipinski definition) is 5. The van der Waals surface area contributed by atoms with Crippen molar-refractivity contribution >= 4 is 40.2 Å². The third-order valence-corrected chi connectivity index (χ3v) is 5.21. The molecule has 124 valence electrons. The molecule has 0 saturated heterocycles. The minimum Gasteiger partial charge on any atom is -0.365 e. The van der Waals surface area contributed by atoms with Gasteiger partial charge in [0.25, 0.3) is 11.5 Å². The zero-order chi connectivity index (χ0) is 18.0. The van der Waals surface area contributed by atoms with E-state index in [1.165, 1.54) is 40.2 Å². The smallest absolute Gasteiger partial charge is 0.273 e. The summed E-state index contributed by atoms with van der Waals surface area (Å²) in [4.78, 5) is 25.3. The Labute approximate surface area is 149 Å². The van der Waals surface area contributed by atoms with Crippen LogP contribution in [0.25, 0.3) is 17.3 Å². The molecule has 0 spiro atoms. The first-order chi connectivity index (χ1) is 12.0. The molecule has 3 rings (SSSR count). The lowest BCUT2D eigenvalue weighted by Crippen LogP contribution is -2.32. The first kappa shape index (κ1) is 16.8. The third-order valence-electron chi connectivity index (χ3n) is 3.30. The number of nitriles is 1. The fourth-order valence-corrected chi connectivity index (χ4v) is 4.02. The minimum atomic E-state index is -0.928. The summed E-state index contributed by atoms with van der Waals surface area (Å²) in [5.41, 5.74) is 4.88. The number of halogens is 1. The fourth-order valence-electron chi connectivity index (χ4n) is 2.19. The van der Waals surface area contributed by atoms with Crippen molar-refractivity contribution in [1.29, 1.82) is 5.26 Å². The van der Waals surface area contributed by atoms with Crippen LogP contribution in [0.2, 0.25) is 0 Å². The SMILES string of the molecule is N#C/C(C(N)=O)=c1/s/c(=C/c2cccs2)c(=O)n1-c1ccc(F)cc1. The summed E-state index contributed by atoms with van der Waals surface area (Å²) in [5.74, 6) is -1.39. The van der Waals surface area contributed by atoms with E-state index in [4.69, 9.17) is 5.73 Å². The highest BCUT2D eigenvalue weighted by Crippen LogP contribution is 2.09. The van der Waals surface area contributed by atoms with Gasteiger partial charge in [0.05, 0.1) is 10.2 Å². The Balaban J connectivity index is 2.43. The molecular weight excluding hydrogens is 361 g/mol. The summed E-state index contributed by atoms with van der Waals surface area (Å²) in [6, 6.07) is 10.6. The number of thiazole rings is 1. The Kier molecular flexibility index (Phi) is 4.61. The molecule has 5 nitrogen and oxygen atoms in total. The van der Waals surface area contributed by atoms with E-state index in [0.717, 1.165) is 16.2 Å². The average molecular weight is 371 g/mol. The lowest BCUT2D eigenvalue weighted by molar-refractivity contribution is -0.112. The molecule has 1 aromatic carbocycles. The largest absolute Gasteiger partial charge is 0.365 e. The second kappa shape index (κ2) is 6.84. The third kappa shape index (κ3) is 3.28. The highest BCUT2D eigenvalue weighted by molar-refractivity contribution is 7.11. The molecule has 0 radical (unpaired) electrons. The number of nitrogens with zero attached hydrogens (tertiary/aromatic N) is 2. The second-order valence-electron chi connectivity index (χ2n) is 4.90. The van der Waals surface area contributed by atoms with E-state index >= 15 is 0 Å². The number of amides is 1. The summed E-state index contributed by atoms with van der Waals surface area (Å²) < 4.78 is 14.9. The highest BCUT2D eigenvalue weighted by atomic mass is 32.1. The average Bonchev–Trinajstić information content (AvgIpc) is 3.19. The summed E-state index contributed by atoms with van der Waals surface area (Å²) >= 11 is 2.44. The molecule has 0 aliphatic rings. The summed E-state index contributed by atoms with van der Waals surface area (Å²) in [6.45, 7) is 0. The molecular formula is C17H10FN3O2S2. The molecule has 2 aromatic heterocycles. The summed E-state index contributed by atoms with van der Waals surface area (Å²) in [5, 5.41) is 11.1. The van der Waals surface area contributed by atoms with Gasteiger partial charge in [-0.15, -0.1) is 22.7 Å². The van der Waals surface area contributed by atoms with Crippen LogP contribution in [0, 0.1) is 17.1 Å². The van der Waals surface area contributed by atoms with Crippen molar-refractivity contribution < 1.29 is 9.18 Å². The van der Waals surface area contributed by atoms with Gasteiger partial charge >= 0.3 is 0 Å². The second-order valence-corrected chi connectivity index (χ2v) is 6.91. The Morgan fingerprint density at radius 3 is 2.56 bits per heavy atom. The number of thiophene rings is 1. The zero-order valence-corrected chi connectivity index (χ0v) is 14.2. The van der Waals surface area contributed by atoms with E-state index in [2.05, 4.69) is 0 Å². The van der Waals surface area contributed by atoms with Crippen LogP contribution in [0.3, 0.4) is 0 Å². The van der Waals surface area contributed by atoms with Gasteiger partial charge in [-0.3, -0.25) is 14.2 Å². The number of benzene rings is 1. The molecule has 0 atom stereocenters. The van der Waals surface area contributed by atoms with Crippen LogP contribution in [-0.2, 0) is 4.79 Å². The van der Waals surface area contributed by atoms with Crippen molar-refractivity contribution in [2.45, 2.75) is 0 Å². The van der Waals surface area contributed by atoms with Crippen LogP contribution < -0.4 is 20.5 Å². The molecule has 25 heavy (non-hydrogen) atoms. The van der Waals surface area contributed by atoms with E-state index in [1.54, 1.807) is 12.1 Å². The number of aromatic nitrogens is 1. The van der Waals surface area contributed by atoms with Crippen LogP contribution >= 0.6 is 22.7 Å². The van der Waals surface area contributed by atoms with Gasteiger partial charge in [-0.25, -0.2) is 4.39 Å². The van der Waals surface area contributed by atoms with Gasteiger partial charge in [0.2, 0.25) is 0 Å². The van der Waals surface area contributed by atoms with Crippen molar-refractivity contribution in [3.05, 3.63) is 72.0 Å². The Morgan fingerprint density at radius 1 is 1.28 bits per heavy atom. The predicted molar refractivity (Wildman–Crippen MR) is 95.2 cm³/mol. The van der Waals surface area contributed by atoms with Crippen LogP contribution in [0.5, 0.6) is 0 Å². The van der Waals surface area contributed by atoms with E-state index in [9.17, 15) is 19.2 Å². The van der Waals surface area contributed by atoms with E-state index < -0.39 is 17.3 Å². The first-order valence-electron chi connectivity index (χ1n) is 6.98. The van der Waals surface area contributed by atoms with Gasteiger partial charge in [0, 0.05) is 4.88 Å². The molecule has 2 N–H and O–H groups in total. The maximum Gasteiger partial charge on any atom is 0.273 e. The first-order valence-corrected chi connectivity index (χ1v) is 8.68. The zero-order valence-electron chi connectivity index (χ0n) is 12.6. The molecule has 0 aliphatic carbocycles. The monoisotopic (exact) mass is 371 g/mol. The van der Waals surface area contributed by atoms with Gasteiger partial charge in [0.1, 0.15) is 16.5 Å². The van der Waals surface area contributed by atoms with Crippen LogP contribution in [0.15, 0.2) is 46.6 Å². The highest BCUT2D eigenvalue weighted by Gasteiger charge is 2.14. The Bertz CT molecular complexity index is 1150. The van der Waals surface area contributed by atoms with Crippen LogP contribution in [-0.4, -0.2) is 10.5 Å². The number of carbonyl (C=O) groups is 1. The van der Waals surface area contributed by atoms with Gasteiger partial charge in [-0.2, -0.15) is 5.26 Å². The number of primary amides is 1. The predicted octanol–water partition coefficient (Wildman–Crippen LogP) is 1.09. The van der Waals surface area contributed by atoms with E-state index in [-0.39, 0.29) is 10.2 Å². The fraction of sp³-hybridized carbons (Fsp3) is 0. The molecule has 0 unspecified atom stereocenters. The van der Waals surface area contributed by atoms with Crippen molar-refractivity contribution in [2.24, 2.45) is 5.73 Å². The number of hydrogen-bond donors (Lipinski definition) is 1. The van der Waals surface area contributed by atoms with Crippen molar-refractivity contribution in [3.8, 4) is 11.8 Å². The van der Waals surface area contributed by atoms with Crippen molar-refractivity contribution in [3.63, 3.8) is 0 Å². The molecule has 8 heteroatoms. The number of nitrogens with two attached hydrogens (primary N) is 1. The van der Waals surface area contributed by atoms with Crippen molar-refractivity contribution in [2.75, 3.05) is 0 Å². The molecule has 0 aliphatic heterocycles. The molecule has 2 heterocycles. The quantitative estimate of drug-likeness (QED) is 0.747. The van der Waals surface area contributed by atoms with Gasteiger partial charge in [-0.1, -0.05) is 6.07 Å². The maximum absolute atomic E-state index is 13.2. The normalized spacial score (nSPS) is 12.7. The summed E-state index contributed by atoms with van der Waals surface area (Å²) in [6.07, 6.45) is 1.68. The molecule has 0 fully saturated rings. The summed E-state index contributed by atoms with van der Waals surface area (Å²) in [7, 11) is 0. The lowest BCUT2D eigenvalue weighted by Gasteiger charge is -2.02. The number of carbonyl (C=O) groups excluding carboxylic acids is 1. The molecule has 3 aromatic rings. The molecule has 0 bridgehead atoms. The van der Waals surface area contributed by atoms with Crippen LogP contribution in [0.4, 0.5) is 4.39 Å². The van der Waals surface area contributed by atoms with Crippen LogP contribution in [0.1, 0.15) is 4.88 Å². The van der Waals surface area contributed by atoms with E-state index in [1.807, 2.05) is 17.5 Å². The topological polar surface area (TPSA) is 88.9 Å². The molecule has 1 amide bonds. The van der Waals surface area contributed by atoms with Crippen molar-refractivity contribution in [1.82, 2.24) is 4.57 Å². The lowest BCUT2D eigenvalue weighted by atomic mass is 10.3. The van der Waals surface area contributed by atoms with Gasteiger partial charge in [0.15, 0.2) is 5.57 Å². The van der Waals surface area contributed by atoms with Gasteiger partial charge in [-0.05, 0) is 41.8 Å².